The van der Waals surface area contributed by atoms with Crippen LogP contribution in [-0.4, -0.2) is 34.3 Å². The van der Waals surface area contributed by atoms with Crippen molar-refractivity contribution in [1.82, 2.24) is 5.01 Å². The normalized spacial score (nSPS) is 23.0. The van der Waals surface area contributed by atoms with Gasteiger partial charge in [0.1, 0.15) is 22.4 Å². The van der Waals surface area contributed by atoms with Crippen molar-refractivity contribution in [2.45, 2.75) is 24.6 Å². The molecule has 2 aliphatic rings. The van der Waals surface area contributed by atoms with E-state index in [4.69, 9.17) is 4.74 Å². The first-order valence-corrected chi connectivity index (χ1v) is 10.2. The maximum atomic E-state index is 14.5. The molecule has 2 heterocycles. The van der Waals surface area contributed by atoms with E-state index in [1.54, 1.807) is 0 Å². The number of hydrogen-bond acceptors (Lipinski definition) is 5. The monoisotopic (exact) mass is 418 g/mol. The second kappa shape index (κ2) is 7.76. The highest BCUT2D eigenvalue weighted by Crippen LogP contribution is 2.57. The van der Waals surface area contributed by atoms with Crippen LogP contribution in [0, 0.1) is 17.6 Å². The van der Waals surface area contributed by atoms with Crippen molar-refractivity contribution in [3.8, 4) is 5.75 Å². The molecule has 5 nitrogen and oxygen atoms in total. The number of benzene rings is 2. The highest BCUT2D eigenvalue weighted by atomic mass is 32.2. The molecule has 0 saturated heterocycles. The summed E-state index contributed by atoms with van der Waals surface area (Å²) < 4.78 is 34.2. The Kier molecular flexibility index (Phi) is 5.31. The lowest BCUT2D eigenvalue weighted by Gasteiger charge is -2.45. The number of thioether (sulfide) groups is 1. The molecule has 0 fully saturated rings. The predicted octanol–water partition coefficient (Wildman–Crippen LogP) is 3.86. The Morgan fingerprint density at radius 1 is 1.34 bits per heavy atom. The van der Waals surface area contributed by atoms with Gasteiger partial charge in [0.25, 0.3) is 0 Å². The number of nitrogens with zero attached hydrogens (tertiary/aromatic N) is 2. The number of amides is 1. The van der Waals surface area contributed by atoms with Gasteiger partial charge in [0.15, 0.2) is 4.87 Å². The standard InChI is InChI=1S/C21H20F2N2O3S/c1-13(27)25-21(29-20(24-25)16-11-15(22)8-9-18(16)23)14(5-4-10-26)12-28-19-7-3-2-6-17(19)21/h2-3,6-9,11,14,26H,4-5,10,12H2,1H3/t14-,21+/m0/s1. The molecular formula is C21H20F2N2O3S. The summed E-state index contributed by atoms with van der Waals surface area (Å²) in [7, 11) is 0. The first kappa shape index (κ1) is 19.8. The van der Waals surface area contributed by atoms with Gasteiger partial charge in [0.05, 0.1) is 6.61 Å². The van der Waals surface area contributed by atoms with Gasteiger partial charge in [-0.1, -0.05) is 30.0 Å². The van der Waals surface area contributed by atoms with E-state index in [-0.39, 0.29) is 29.0 Å². The molecular weight excluding hydrogens is 398 g/mol. The Bertz CT molecular complexity index is 984. The topological polar surface area (TPSA) is 62.1 Å². The molecule has 0 unspecified atom stereocenters. The molecule has 152 valence electrons. The lowest BCUT2D eigenvalue weighted by Crippen LogP contribution is -2.50. The molecule has 2 aromatic carbocycles. The van der Waals surface area contributed by atoms with E-state index < -0.39 is 16.5 Å². The van der Waals surface area contributed by atoms with Crippen LogP contribution in [0.2, 0.25) is 0 Å². The Morgan fingerprint density at radius 2 is 2.14 bits per heavy atom. The van der Waals surface area contributed by atoms with Crippen LogP contribution in [0.4, 0.5) is 8.78 Å². The smallest absolute Gasteiger partial charge is 0.241 e. The van der Waals surface area contributed by atoms with Crippen molar-refractivity contribution in [3.63, 3.8) is 0 Å². The van der Waals surface area contributed by atoms with Gasteiger partial charge in [-0.3, -0.25) is 4.79 Å². The zero-order valence-corrected chi connectivity index (χ0v) is 16.6. The van der Waals surface area contributed by atoms with E-state index in [1.807, 2.05) is 24.3 Å². The maximum Gasteiger partial charge on any atom is 0.241 e. The number of fused-ring (bicyclic) bond motifs is 2. The van der Waals surface area contributed by atoms with Gasteiger partial charge < -0.3 is 9.84 Å². The quantitative estimate of drug-likeness (QED) is 0.819. The second-order valence-electron chi connectivity index (χ2n) is 7.03. The van der Waals surface area contributed by atoms with Gasteiger partial charge >= 0.3 is 0 Å². The predicted molar refractivity (Wildman–Crippen MR) is 106 cm³/mol. The zero-order chi connectivity index (χ0) is 20.6. The summed E-state index contributed by atoms with van der Waals surface area (Å²) in [5.74, 6) is -1.07. The molecule has 4 rings (SSSR count). The largest absolute Gasteiger partial charge is 0.493 e. The van der Waals surface area contributed by atoms with E-state index >= 15 is 0 Å². The van der Waals surface area contributed by atoms with Crippen molar-refractivity contribution in [2.75, 3.05) is 13.2 Å². The van der Waals surface area contributed by atoms with Crippen molar-refractivity contribution in [1.29, 1.82) is 0 Å². The van der Waals surface area contributed by atoms with E-state index in [0.29, 0.717) is 25.2 Å². The van der Waals surface area contributed by atoms with Gasteiger partial charge in [-0.25, -0.2) is 13.8 Å². The third-order valence-electron chi connectivity index (χ3n) is 5.19. The maximum absolute atomic E-state index is 14.5. The van der Waals surface area contributed by atoms with Crippen LogP contribution in [-0.2, 0) is 9.67 Å². The third kappa shape index (κ3) is 3.30. The van der Waals surface area contributed by atoms with Crippen LogP contribution >= 0.6 is 11.8 Å². The number of halogens is 2. The molecule has 0 bridgehead atoms. The van der Waals surface area contributed by atoms with Crippen LogP contribution in [0.3, 0.4) is 0 Å². The zero-order valence-electron chi connectivity index (χ0n) is 15.8. The Hall–Kier alpha value is -2.45. The summed E-state index contributed by atoms with van der Waals surface area (Å²) in [6.07, 6.45) is 1.10. The Morgan fingerprint density at radius 3 is 2.90 bits per heavy atom. The molecule has 1 spiro atoms. The summed E-state index contributed by atoms with van der Waals surface area (Å²) in [5, 5.41) is 15.4. The molecule has 1 amide bonds. The number of para-hydroxylation sites is 1. The van der Waals surface area contributed by atoms with Gasteiger partial charge in [0, 0.05) is 30.6 Å². The fourth-order valence-electron chi connectivity index (χ4n) is 3.90. The first-order valence-electron chi connectivity index (χ1n) is 9.34. The highest BCUT2D eigenvalue weighted by Gasteiger charge is 2.56. The average molecular weight is 418 g/mol. The molecule has 2 aliphatic heterocycles. The van der Waals surface area contributed by atoms with Crippen molar-refractivity contribution >= 4 is 22.7 Å². The summed E-state index contributed by atoms with van der Waals surface area (Å²) in [6, 6.07) is 10.6. The lowest BCUT2D eigenvalue weighted by atomic mass is 9.86. The molecule has 1 N–H and O–H groups in total. The SMILES string of the molecule is CC(=O)N1N=C(c2cc(F)ccc2F)S[C@]12c1ccccc1OC[C@@H]2CCCO. The highest BCUT2D eigenvalue weighted by molar-refractivity contribution is 8.15. The molecule has 0 radical (unpaired) electrons. The van der Waals surface area contributed by atoms with E-state index in [2.05, 4.69) is 5.10 Å². The minimum absolute atomic E-state index is 0.00516. The lowest BCUT2D eigenvalue weighted by molar-refractivity contribution is -0.134. The number of carbonyl (C=O) groups excluding carboxylic acids is 1. The molecule has 8 heteroatoms. The molecule has 0 aliphatic carbocycles. The average Bonchev–Trinajstić information content (AvgIpc) is 3.11. The van der Waals surface area contributed by atoms with Crippen molar-refractivity contribution in [3.05, 3.63) is 65.2 Å². The van der Waals surface area contributed by atoms with E-state index in [1.165, 1.54) is 23.7 Å². The number of aliphatic hydroxyl groups excluding tert-OH is 1. The van der Waals surface area contributed by atoms with Gasteiger partial charge in [-0.2, -0.15) is 5.10 Å². The fourth-order valence-corrected chi connectivity index (χ4v) is 5.47. The number of aliphatic hydroxyl groups is 1. The van der Waals surface area contributed by atoms with Crippen LogP contribution in [0.5, 0.6) is 5.75 Å². The number of carbonyl (C=O) groups is 1. The van der Waals surface area contributed by atoms with Crippen LogP contribution in [0.15, 0.2) is 47.6 Å². The molecule has 2 atom stereocenters. The van der Waals surface area contributed by atoms with Gasteiger partial charge in [0.2, 0.25) is 5.91 Å². The van der Waals surface area contributed by atoms with Crippen molar-refractivity contribution in [2.24, 2.45) is 11.0 Å². The second-order valence-corrected chi connectivity index (χ2v) is 8.24. The van der Waals surface area contributed by atoms with Gasteiger partial charge in [-0.05, 0) is 37.1 Å². The Labute approximate surface area is 171 Å². The summed E-state index contributed by atoms with van der Waals surface area (Å²) >= 11 is 1.23. The summed E-state index contributed by atoms with van der Waals surface area (Å²) in [5.41, 5.74) is 0.771. The number of hydrazone groups is 1. The van der Waals surface area contributed by atoms with Crippen LogP contribution in [0.25, 0.3) is 0 Å². The third-order valence-corrected chi connectivity index (χ3v) is 6.72. The number of hydrogen-bond donors (Lipinski definition) is 1. The van der Waals surface area contributed by atoms with E-state index in [9.17, 15) is 18.7 Å². The van der Waals surface area contributed by atoms with E-state index in [0.717, 1.165) is 23.8 Å². The number of rotatable bonds is 4. The van der Waals surface area contributed by atoms with Crippen LogP contribution < -0.4 is 4.74 Å². The minimum atomic E-state index is -0.954. The molecule has 2 aromatic rings. The molecule has 29 heavy (non-hydrogen) atoms. The van der Waals surface area contributed by atoms with Gasteiger partial charge in [-0.15, -0.1) is 0 Å². The molecule has 0 saturated carbocycles. The number of ether oxygens (including phenoxy) is 1. The Balaban J connectivity index is 1.87. The summed E-state index contributed by atoms with van der Waals surface area (Å²) in [6.45, 7) is 1.73. The van der Waals surface area contributed by atoms with Crippen LogP contribution in [0.1, 0.15) is 30.9 Å². The minimum Gasteiger partial charge on any atom is -0.493 e. The van der Waals surface area contributed by atoms with Crippen molar-refractivity contribution < 1.29 is 23.4 Å². The first-order chi connectivity index (χ1) is 14.0. The summed E-state index contributed by atoms with van der Waals surface area (Å²) in [4.78, 5) is 11.7. The fraction of sp³-hybridized carbons (Fsp3) is 0.333. The molecule has 0 aromatic heterocycles.